The molecule has 1 fully saturated rings. The fourth-order valence-corrected chi connectivity index (χ4v) is 4.07. The summed E-state index contributed by atoms with van der Waals surface area (Å²) in [6.07, 6.45) is 1.79. The number of amides is 2. The van der Waals surface area contributed by atoms with Gasteiger partial charge in [0.05, 0.1) is 19.5 Å². The lowest BCUT2D eigenvalue weighted by molar-refractivity contribution is -0.131. The molecule has 4 aromatic rings. The van der Waals surface area contributed by atoms with E-state index in [-0.39, 0.29) is 65.9 Å². The molecule has 1 aliphatic heterocycles. The molecule has 190 valence electrons. The smallest absolute Gasteiger partial charge is 0.270 e. The lowest BCUT2D eigenvalue weighted by Gasteiger charge is -2.34. The van der Waals surface area contributed by atoms with Crippen LogP contribution in [0.15, 0.2) is 47.0 Å². The monoisotopic (exact) mass is 505 g/mol. The number of piperazine rings is 1. The normalized spacial score (nSPS) is 14.4. The van der Waals surface area contributed by atoms with Gasteiger partial charge in [-0.25, -0.2) is 9.37 Å². The van der Waals surface area contributed by atoms with Crippen molar-refractivity contribution in [2.75, 3.05) is 45.2 Å². The van der Waals surface area contributed by atoms with E-state index < -0.39 is 0 Å². The number of benzene rings is 1. The van der Waals surface area contributed by atoms with Gasteiger partial charge in [0, 0.05) is 38.8 Å². The van der Waals surface area contributed by atoms with Gasteiger partial charge in [0.2, 0.25) is 17.7 Å². The van der Waals surface area contributed by atoms with Gasteiger partial charge in [-0.15, -0.1) is 10.2 Å². The molecule has 11 nitrogen and oxygen atoms in total. The summed E-state index contributed by atoms with van der Waals surface area (Å²) in [4.78, 5) is 38.8. The van der Waals surface area contributed by atoms with Crippen LogP contribution in [0, 0.1) is 5.82 Å². The third kappa shape index (κ3) is 4.96. The number of nitrogens with zero attached hydrogens (tertiary/aromatic N) is 7. The molecule has 3 aromatic heterocycles. The Balaban J connectivity index is 1.46. The second-order valence-corrected chi connectivity index (χ2v) is 8.88. The van der Waals surface area contributed by atoms with Crippen LogP contribution in [0.1, 0.15) is 11.5 Å². The third-order valence-electron chi connectivity index (χ3n) is 6.07. The number of anilines is 1. The highest BCUT2D eigenvalue weighted by Crippen LogP contribution is 2.37. The summed E-state index contributed by atoms with van der Waals surface area (Å²) in [6, 6.07) is 9.32. The molecule has 2 amide bonds. The zero-order valence-corrected chi connectivity index (χ0v) is 20.3. The number of likely N-dealkylation sites (N-methyl/N-ethyl adjacent to an activating group) is 1. The third-order valence-corrected chi connectivity index (χ3v) is 6.07. The summed E-state index contributed by atoms with van der Waals surface area (Å²) in [6.45, 7) is 0.942. The number of rotatable bonds is 6. The van der Waals surface area contributed by atoms with Crippen molar-refractivity contribution in [3.05, 3.63) is 59.9 Å². The van der Waals surface area contributed by atoms with Crippen molar-refractivity contribution in [2.24, 2.45) is 0 Å². The van der Waals surface area contributed by atoms with E-state index in [0.29, 0.717) is 24.3 Å². The fraction of sp³-hybridized carbons (Fsp3) is 0.280. The number of hydrogen-bond donors (Lipinski definition) is 1. The molecular weight excluding hydrogens is 481 g/mol. The first-order valence-electron chi connectivity index (χ1n) is 11.6. The van der Waals surface area contributed by atoms with Gasteiger partial charge in [0.25, 0.3) is 5.89 Å². The number of halogens is 1. The standard InChI is InChI=1S/C25H24FN7O4/c1-31(2)19(34)13-32-10-11-33(20(35)14-32)24-17-4-3-9-27-21(17)23(36)22(28-24)25-30-29-18(37-25)12-15-5-7-16(26)8-6-15/h3-9,36H,10-14H2,1-2H3. The number of pyridine rings is 2. The van der Waals surface area contributed by atoms with E-state index in [2.05, 4.69) is 20.2 Å². The van der Waals surface area contributed by atoms with E-state index in [1.807, 2.05) is 0 Å². The van der Waals surface area contributed by atoms with Crippen LogP contribution in [0.3, 0.4) is 0 Å². The topological polar surface area (TPSA) is 129 Å². The van der Waals surface area contributed by atoms with Gasteiger partial charge in [-0.05, 0) is 29.8 Å². The van der Waals surface area contributed by atoms with Crippen molar-refractivity contribution < 1.29 is 23.5 Å². The van der Waals surface area contributed by atoms with E-state index >= 15 is 0 Å². The quantitative estimate of drug-likeness (QED) is 0.417. The lowest BCUT2D eigenvalue weighted by Crippen LogP contribution is -2.53. The molecule has 12 heteroatoms. The van der Waals surface area contributed by atoms with E-state index in [9.17, 15) is 19.1 Å². The summed E-state index contributed by atoms with van der Waals surface area (Å²) in [7, 11) is 3.34. The molecular formula is C25H24FN7O4. The Morgan fingerprint density at radius 1 is 1.16 bits per heavy atom. The predicted octanol–water partition coefficient (Wildman–Crippen LogP) is 1.85. The Hall–Kier alpha value is -4.45. The summed E-state index contributed by atoms with van der Waals surface area (Å²) in [5.74, 6) is -0.410. The first-order chi connectivity index (χ1) is 17.8. The highest BCUT2D eigenvalue weighted by Gasteiger charge is 2.31. The van der Waals surface area contributed by atoms with Crippen molar-refractivity contribution in [3.8, 4) is 17.3 Å². The van der Waals surface area contributed by atoms with Gasteiger partial charge in [0.15, 0.2) is 11.4 Å². The number of aromatic nitrogens is 4. The average Bonchev–Trinajstić information content (AvgIpc) is 3.34. The molecule has 0 unspecified atom stereocenters. The predicted molar refractivity (Wildman–Crippen MR) is 131 cm³/mol. The Kier molecular flexibility index (Phi) is 6.49. The molecule has 5 rings (SSSR count). The van der Waals surface area contributed by atoms with Crippen molar-refractivity contribution in [3.63, 3.8) is 0 Å². The van der Waals surface area contributed by atoms with Gasteiger partial charge < -0.3 is 14.4 Å². The van der Waals surface area contributed by atoms with Crippen LogP contribution in [0.25, 0.3) is 22.5 Å². The van der Waals surface area contributed by atoms with Crippen LogP contribution >= 0.6 is 0 Å². The van der Waals surface area contributed by atoms with Crippen LogP contribution in [-0.4, -0.2) is 87.2 Å². The van der Waals surface area contributed by atoms with Crippen LogP contribution in [0.4, 0.5) is 10.2 Å². The Morgan fingerprint density at radius 3 is 2.68 bits per heavy atom. The molecule has 0 saturated carbocycles. The van der Waals surface area contributed by atoms with E-state index in [1.165, 1.54) is 28.1 Å². The minimum absolute atomic E-state index is 0.00271. The Labute approximate surface area is 211 Å². The van der Waals surface area contributed by atoms with Crippen molar-refractivity contribution in [2.45, 2.75) is 6.42 Å². The molecule has 4 heterocycles. The molecule has 0 spiro atoms. The number of fused-ring (bicyclic) bond motifs is 1. The van der Waals surface area contributed by atoms with E-state index in [0.717, 1.165) is 5.56 Å². The molecule has 1 aliphatic rings. The summed E-state index contributed by atoms with van der Waals surface area (Å²) < 4.78 is 19.0. The minimum Gasteiger partial charge on any atom is -0.504 e. The first kappa shape index (κ1) is 24.3. The van der Waals surface area contributed by atoms with Gasteiger partial charge in [-0.3, -0.25) is 24.4 Å². The SMILES string of the molecule is CN(C)C(=O)CN1CCN(c2nc(-c3nnc(Cc4ccc(F)cc4)o3)c(O)c3ncccc23)C(=O)C1. The fourth-order valence-electron chi connectivity index (χ4n) is 4.07. The highest BCUT2D eigenvalue weighted by atomic mass is 19.1. The largest absolute Gasteiger partial charge is 0.504 e. The van der Waals surface area contributed by atoms with Crippen LogP contribution in [0.5, 0.6) is 5.75 Å². The van der Waals surface area contributed by atoms with Crippen molar-refractivity contribution >= 4 is 28.5 Å². The van der Waals surface area contributed by atoms with Crippen molar-refractivity contribution in [1.29, 1.82) is 0 Å². The summed E-state index contributed by atoms with van der Waals surface area (Å²) >= 11 is 0. The highest BCUT2D eigenvalue weighted by molar-refractivity contribution is 6.05. The number of carbonyl (C=O) groups excluding carboxylic acids is 2. The van der Waals surface area contributed by atoms with E-state index in [1.54, 1.807) is 43.3 Å². The van der Waals surface area contributed by atoms with Gasteiger partial charge >= 0.3 is 0 Å². The zero-order chi connectivity index (χ0) is 26.1. The Morgan fingerprint density at radius 2 is 1.95 bits per heavy atom. The minimum atomic E-state index is -0.347. The molecule has 37 heavy (non-hydrogen) atoms. The lowest BCUT2D eigenvalue weighted by atomic mass is 10.1. The average molecular weight is 506 g/mol. The van der Waals surface area contributed by atoms with Crippen molar-refractivity contribution in [1.82, 2.24) is 30.0 Å². The number of hydrogen-bond acceptors (Lipinski definition) is 9. The van der Waals surface area contributed by atoms with Crippen LogP contribution < -0.4 is 4.90 Å². The van der Waals surface area contributed by atoms with Crippen LogP contribution in [0.2, 0.25) is 0 Å². The number of carbonyl (C=O) groups is 2. The second-order valence-electron chi connectivity index (χ2n) is 8.88. The molecule has 0 radical (unpaired) electrons. The van der Waals surface area contributed by atoms with Gasteiger partial charge in [-0.1, -0.05) is 12.1 Å². The summed E-state index contributed by atoms with van der Waals surface area (Å²) in [5, 5.41) is 19.5. The van der Waals surface area contributed by atoms with Gasteiger partial charge in [0.1, 0.15) is 17.2 Å². The second kappa shape index (κ2) is 9.90. The Bertz CT molecular complexity index is 1470. The van der Waals surface area contributed by atoms with Gasteiger partial charge in [-0.2, -0.15) is 0 Å². The molecule has 0 aliphatic carbocycles. The molecule has 1 aromatic carbocycles. The maximum atomic E-state index is 13.2. The summed E-state index contributed by atoms with van der Waals surface area (Å²) in [5.41, 5.74) is 1.00. The molecule has 1 saturated heterocycles. The first-order valence-corrected chi connectivity index (χ1v) is 11.6. The number of aromatic hydroxyl groups is 1. The zero-order valence-electron chi connectivity index (χ0n) is 20.3. The molecule has 1 N–H and O–H groups in total. The maximum Gasteiger partial charge on any atom is 0.270 e. The van der Waals surface area contributed by atoms with E-state index in [4.69, 9.17) is 4.42 Å². The molecule has 0 bridgehead atoms. The van der Waals surface area contributed by atoms with Crippen LogP contribution in [-0.2, 0) is 16.0 Å². The maximum absolute atomic E-state index is 13.2. The molecule has 0 atom stereocenters.